The van der Waals surface area contributed by atoms with Crippen LogP contribution in [0.1, 0.15) is 19.8 Å². The SMILES string of the molecule is CCn1c(=NC(=O)C2CCN(S(=O)(=O)c3ccc(OC)cc3)CC2)sc2cc([N+](=O)[O-])ccc21. The highest BCUT2D eigenvalue weighted by atomic mass is 32.2. The highest BCUT2D eigenvalue weighted by molar-refractivity contribution is 7.89. The van der Waals surface area contributed by atoms with Crippen molar-refractivity contribution in [3.05, 3.63) is 57.4 Å². The number of benzene rings is 2. The van der Waals surface area contributed by atoms with E-state index < -0.39 is 14.9 Å². The minimum Gasteiger partial charge on any atom is -0.497 e. The molecule has 1 aliphatic rings. The standard InChI is InChI=1S/C22H24N4O6S2/c1-3-25-19-9-4-16(26(28)29)14-20(19)33-22(25)23-21(27)15-10-12-24(13-11-15)34(30,31)18-7-5-17(32-2)6-8-18/h4-9,14-15H,3,10-13H2,1-2H3. The molecule has 4 rings (SSSR count). The minimum atomic E-state index is -3.66. The first-order valence-corrected chi connectivity index (χ1v) is 13.0. The maximum absolute atomic E-state index is 12.9. The number of ether oxygens (including phenoxy) is 1. The van der Waals surface area contributed by atoms with Gasteiger partial charge in [-0.2, -0.15) is 9.30 Å². The van der Waals surface area contributed by atoms with Crippen molar-refractivity contribution in [1.29, 1.82) is 0 Å². The maximum atomic E-state index is 12.9. The van der Waals surface area contributed by atoms with Crippen LogP contribution in [-0.4, -0.2) is 48.3 Å². The van der Waals surface area contributed by atoms with E-state index in [9.17, 15) is 23.3 Å². The van der Waals surface area contributed by atoms with E-state index in [1.54, 1.807) is 18.2 Å². The number of hydrogen-bond acceptors (Lipinski definition) is 7. The van der Waals surface area contributed by atoms with Crippen LogP contribution < -0.4 is 9.54 Å². The van der Waals surface area contributed by atoms with E-state index in [0.29, 0.717) is 34.6 Å². The van der Waals surface area contributed by atoms with Gasteiger partial charge in [-0.1, -0.05) is 11.3 Å². The summed E-state index contributed by atoms with van der Waals surface area (Å²) in [6.45, 7) is 2.93. The van der Waals surface area contributed by atoms with Crippen molar-refractivity contribution in [3.8, 4) is 5.75 Å². The predicted molar refractivity (Wildman–Crippen MR) is 127 cm³/mol. The lowest BCUT2D eigenvalue weighted by atomic mass is 9.98. The Kier molecular flexibility index (Phi) is 6.82. The molecule has 0 N–H and O–H groups in total. The molecule has 10 nitrogen and oxygen atoms in total. The quantitative estimate of drug-likeness (QED) is 0.375. The van der Waals surface area contributed by atoms with Crippen molar-refractivity contribution in [2.75, 3.05) is 20.2 Å². The minimum absolute atomic E-state index is 0.0136. The first kappa shape index (κ1) is 24.0. The van der Waals surface area contributed by atoms with Gasteiger partial charge in [0.15, 0.2) is 4.80 Å². The number of carbonyl (C=O) groups is 1. The molecule has 0 bridgehead atoms. The largest absolute Gasteiger partial charge is 0.497 e. The summed E-state index contributed by atoms with van der Waals surface area (Å²) in [6.07, 6.45) is 0.750. The molecule has 1 aromatic heterocycles. The Bertz CT molecular complexity index is 1400. The number of aromatic nitrogens is 1. The summed E-state index contributed by atoms with van der Waals surface area (Å²) in [5.74, 6) is -0.109. The number of thiazole rings is 1. The molecular weight excluding hydrogens is 480 g/mol. The second-order valence-electron chi connectivity index (χ2n) is 7.84. The van der Waals surface area contributed by atoms with Gasteiger partial charge in [0.2, 0.25) is 10.0 Å². The van der Waals surface area contributed by atoms with Crippen molar-refractivity contribution in [2.24, 2.45) is 10.9 Å². The van der Waals surface area contributed by atoms with Gasteiger partial charge in [0.25, 0.3) is 11.6 Å². The number of hydrogen-bond donors (Lipinski definition) is 0. The third-order valence-corrected chi connectivity index (χ3v) is 8.85. The highest BCUT2D eigenvalue weighted by Gasteiger charge is 2.32. The van der Waals surface area contributed by atoms with E-state index in [1.165, 1.54) is 47.0 Å². The average Bonchev–Trinajstić information content (AvgIpc) is 3.20. The Balaban J connectivity index is 1.51. The molecule has 0 spiro atoms. The Morgan fingerprint density at radius 1 is 1.21 bits per heavy atom. The molecule has 0 aliphatic carbocycles. The first-order chi connectivity index (χ1) is 16.2. The number of aryl methyl sites for hydroxylation is 1. The summed E-state index contributed by atoms with van der Waals surface area (Å²) < 4.78 is 34.9. The van der Waals surface area contributed by atoms with Gasteiger partial charge in [0.1, 0.15) is 5.75 Å². The fraction of sp³-hybridized carbons (Fsp3) is 0.364. The normalized spacial score (nSPS) is 16.1. The van der Waals surface area contributed by atoms with Gasteiger partial charge in [0, 0.05) is 37.7 Å². The number of nitrogens with zero attached hydrogens (tertiary/aromatic N) is 4. The van der Waals surface area contributed by atoms with Crippen LogP contribution in [0, 0.1) is 16.0 Å². The highest BCUT2D eigenvalue weighted by Crippen LogP contribution is 2.27. The molecule has 180 valence electrons. The van der Waals surface area contributed by atoms with E-state index in [2.05, 4.69) is 4.99 Å². The summed E-state index contributed by atoms with van der Waals surface area (Å²) in [6, 6.07) is 10.8. The van der Waals surface area contributed by atoms with Gasteiger partial charge in [-0.25, -0.2) is 8.42 Å². The van der Waals surface area contributed by atoms with Crippen molar-refractivity contribution >= 4 is 43.2 Å². The summed E-state index contributed by atoms with van der Waals surface area (Å²) >= 11 is 1.23. The molecule has 1 aliphatic heterocycles. The summed E-state index contributed by atoms with van der Waals surface area (Å²) in [7, 11) is -2.14. The predicted octanol–water partition coefficient (Wildman–Crippen LogP) is 3.17. The molecule has 34 heavy (non-hydrogen) atoms. The van der Waals surface area contributed by atoms with Gasteiger partial charge in [-0.3, -0.25) is 14.9 Å². The molecule has 2 aromatic carbocycles. The number of piperidine rings is 1. The van der Waals surface area contributed by atoms with Crippen LogP contribution in [0.3, 0.4) is 0 Å². The number of fused-ring (bicyclic) bond motifs is 1. The van der Waals surface area contributed by atoms with E-state index in [-0.39, 0.29) is 35.5 Å². The summed E-state index contributed by atoms with van der Waals surface area (Å²) in [5.41, 5.74) is 0.769. The van der Waals surface area contributed by atoms with E-state index in [0.717, 1.165) is 5.52 Å². The molecule has 2 heterocycles. The zero-order valence-electron chi connectivity index (χ0n) is 18.7. The molecule has 0 unspecified atom stereocenters. The monoisotopic (exact) mass is 504 g/mol. The van der Waals surface area contributed by atoms with Gasteiger partial charge in [-0.15, -0.1) is 0 Å². The Labute approximate surface area is 200 Å². The van der Waals surface area contributed by atoms with Crippen LogP contribution >= 0.6 is 11.3 Å². The molecule has 0 radical (unpaired) electrons. The number of nitro benzene ring substituents is 1. The van der Waals surface area contributed by atoms with Crippen molar-refractivity contribution in [1.82, 2.24) is 8.87 Å². The lowest BCUT2D eigenvalue weighted by Gasteiger charge is -2.29. The molecule has 0 atom stereocenters. The molecule has 0 saturated carbocycles. The number of amides is 1. The van der Waals surface area contributed by atoms with Gasteiger partial charge in [-0.05, 0) is 50.1 Å². The molecular formula is C22H24N4O6S2. The molecule has 1 amide bonds. The molecule has 1 fully saturated rings. The van der Waals surface area contributed by atoms with Gasteiger partial charge < -0.3 is 9.30 Å². The van der Waals surface area contributed by atoms with E-state index in [4.69, 9.17) is 4.74 Å². The smallest absolute Gasteiger partial charge is 0.270 e. The number of non-ortho nitro benzene ring substituents is 1. The van der Waals surface area contributed by atoms with Crippen LogP contribution in [0.15, 0.2) is 52.4 Å². The van der Waals surface area contributed by atoms with Gasteiger partial charge in [0.05, 0.1) is 27.1 Å². The van der Waals surface area contributed by atoms with E-state index in [1.807, 2.05) is 11.5 Å². The number of rotatable bonds is 6. The number of methoxy groups -OCH3 is 1. The first-order valence-electron chi connectivity index (χ1n) is 10.7. The van der Waals surface area contributed by atoms with Gasteiger partial charge >= 0.3 is 0 Å². The van der Waals surface area contributed by atoms with Crippen molar-refractivity contribution in [2.45, 2.75) is 31.2 Å². The number of nitro groups is 1. The molecule has 1 saturated heterocycles. The van der Waals surface area contributed by atoms with E-state index >= 15 is 0 Å². The van der Waals surface area contributed by atoms with Crippen LogP contribution in [-0.2, 0) is 21.4 Å². The van der Waals surface area contributed by atoms with Crippen LogP contribution in [0.2, 0.25) is 0 Å². The zero-order chi connectivity index (χ0) is 24.5. The second-order valence-corrected chi connectivity index (χ2v) is 10.8. The molecule has 3 aromatic rings. The maximum Gasteiger partial charge on any atom is 0.270 e. The number of carbonyl (C=O) groups excluding carboxylic acids is 1. The summed E-state index contributed by atoms with van der Waals surface area (Å²) in [4.78, 5) is 28.5. The Morgan fingerprint density at radius 3 is 2.47 bits per heavy atom. The Morgan fingerprint density at radius 2 is 1.88 bits per heavy atom. The fourth-order valence-electron chi connectivity index (χ4n) is 3.99. The van der Waals surface area contributed by atoms with Crippen LogP contribution in [0.4, 0.5) is 5.69 Å². The molecule has 12 heteroatoms. The third kappa shape index (κ3) is 4.61. The number of sulfonamides is 1. The fourth-order valence-corrected chi connectivity index (χ4v) is 6.59. The Hall–Kier alpha value is -3.09. The average molecular weight is 505 g/mol. The second kappa shape index (κ2) is 9.65. The van der Waals surface area contributed by atoms with Crippen LogP contribution in [0.5, 0.6) is 5.75 Å². The lowest BCUT2D eigenvalue weighted by molar-refractivity contribution is -0.384. The van der Waals surface area contributed by atoms with Crippen molar-refractivity contribution < 1.29 is 22.9 Å². The van der Waals surface area contributed by atoms with Crippen LogP contribution in [0.25, 0.3) is 10.2 Å². The van der Waals surface area contributed by atoms with Crippen molar-refractivity contribution in [3.63, 3.8) is 0 Å². The zero-order valence-corrected chi connectivity index (χ0v) is 20.3. The topological polar surface area (TPSA) is 124 Å². The lowest BCUT2D eigenvalue weighted by Crippen LogP contribution is -2.40. The third-order valence-electron chi connectivity index (χ3n) is 5.90. The summed E-state index contributed by atoms with van der Waals surface area (Å²) in [5, 5.41) is 11.1.